The van der Waals surface area contributed by atoms with E-state index >= 15 is 0 Å². The van der Waals surface area contributed by atoms with E-state index in [9.17, 15) is 14.4 Å². The van der Waals surface area contributed by atoms with Gasteiger partial charge in [0.05, 0.1) is 13.2 Å². The lowest BCUT2D eigenvalue weighted by Crippen LogP contribution is -2.47. The number of hydrogen-bond donors (Lipinski definition) is 2. The van der Waals surface area contributed by atoms with Gasteiger partial charge in [-0.15, -0.1) is 0 Å². The van der Waals surface area contributed by atoms with E-state index in [1.165, 1.54) is 0 Å². The highest BCUT2D eigenvalue weighted by molar-refractivity contribution is 6.09. The second-order valence-corrected chi connectivity index (χ2v) is 8.46. The van der Waals surface area contributed by atoms with Crippen LogP contribution in [0.15, 0.2) is 84.9 Å². The van der Waals surface area contributed by atoms with Crippen molar-refractivity contribution in [2.45, 2.75) is 24.9 Å². The van der Waals surface area contributed by atoms with Gasteiger partial charge in [-0.2, -0.15) is 0 Å². The summed E-state index contributed by atoms with van der Waals surface area (Å²) in [5, 5.41) is 5.73. The van der Waals surface area contributed by atoms with Crippen molar-refractivity contribution in [1.29, 1.82) is 0 Å². The van der Waals surface area contributed by atoms with Crippen molar-refractivity contribution in [1.82, 2.24) is 15.5 Å². The molecule has 1 atom stereocenters. The summed E-state index contributed by atoms with van der Waals surface area (Å²) < 4.78 is 5.38. The number of rotatable bonds is 8. The minimum absolute atomic E-state index is 0.246. The summed E-state index contributed by atoms with van der Waals surface area (Å²) in [7, 11) is 1.56. The minimum Gasteiger partial charge on any atom is -0.496 e. The molecule has 7 heteroatoms. The molecule has 34 heavy (non-hydrogen) atoms. The van der Waals surface area contributed by atoms with Crippen LogP contribution in [-0.2, 0) is 16.0 Å². The highest BCUT2D eigenvalue weighted by atomic mass is 16.5. The van der Waals surface area contributed by atoms with Crippen molar-refractivity contribution in [3.8, 4) is 5.75 Å². The topological polar surface area (TPSA) is 87.7 Å². The third kappa shape index (κ3) is 4.78. The quantitative estimate of drug-likeness (QED) is 0.507. The molecule has 0 unspecified atom stereocenters. The van der Waals surface area contributed by atoms with Crippen LogP contribution in [0.3, 0.4) is 0 Å². The maximum Gasteiger partial charge on any atom is 0.325 e. The van der Waals surface area contributed by atoms with E-state index in [0.717, 1.165) is 21.6 Å². The number of hydrogen-bond acceptors (Lipinski definition) is 4. The molecule has 7 nitrogen and oxygen atoms in total. The number of carbonyl (C=O) groups is 3. The largest absolute Gasteiger partial charge is 0.496 e. The highest BCUT2D eigenvalue weighted by Gasteiger charge is 2.48. The van der Waals surface area contributed by atoms with Crippen LogP contribution in [0, 0.1) is 0 Å². The first kappa shape index (κ1) is 23.0. The summed E-state index contributed by atoms with van der Waals surface area (Å²) in [6.07, 6.45) is 0.246. The summed E-state index contributed by atoms with van der Waals surface area (Å²) in [4.78, 5) is 39.9. The number of imide groups is 1. The van der Waals surface area contributed by atoms with Crippen molar-refractivity contribution < 1.29 is 19.1 Å². The fourth-order valence-corrected chi connectivity index (χ4v) is 4.24. The monoisotopic (exact) mass is 457 g/mol. The van der Waals surface area contributed by atoms with Gasteiger partial charge >= 0.3 is 6.03 Å². The molecule has 4 amide bonds. The Bertz CT molecular complexity index is 1140. The van der Waals surface area contributed by atoms with Crippen LogP contribution in [-0.4, -0.2) is 41.9 Å². The maximum atomic E-state index is 13.2. The maximum absolute atomic E-state index is 13.2. The molecule has 1 heterocycles. The van der Waals surface area contributed by atoms with Gasteiger partial charge in [0.15, 0.2) is 0 Å². The number of nitrogens with one attached hydrogen (secondary N) is 2. The number of ether oxygens (including phenoxy) is 1. The Morgan fingerprint density at radius 1 is 0.941 bits per heavy atom. The molecule has 4 rings (SSSR count). The molecular formula is C27H27N3O4. The predicted octanol–water partition coefficient (Wildman–Crippen LogP) is 3.45. The first-order valence-corrected chi connectivity index (χ1v) is 11.1. The van der Waals surface area contributed by atoms with Crippen LogP contribution in [0.1, 0.15) is 29.7 Å². The van der Waals surface area contributed by atoms with Crippen LogP contribution in [0.2, 0.25) is 0 Å². The van der Waals surface area contributed by atoms with Crippen LogP contribution in [0.5, 0.6) is 5.75 Å². The second kappa shape index (κ2) is 9.79. The van der Waals surface area contributed by atoms with E-state index in [-0.39, 0.29) is 13.0 Å². The fraction of sp³-hybridized carbons (Fsp3) is 0.222. The molecule has 174 valence electrons. The standard InChI is InChI=1S/C27H27N3O4/c1-27(17-21-15-9-10-16-22(21)34-2)25(32)30(26(33)29-27)18-23(31)28-24(19-11-5-3-6-12-19)20-13-7-4-8-14-20/h3-16,24H,17-18H2,1-2H3,(H,28,31)(H,29,33)/t27-/m0/s1. The molecule has 1 fully saturated rings. The van der Waals surface area contributed by atoms with E-state index in [0.29, 0.717) is 5.75 Å². The Kier molecular flexibility index (Phi) is 6.63. The average molecular weight is 458 g/mol. The zero-order valence-electron chi connectivity index (χ0n) is 19.2. The first-order chi connectivity index (χ1) is 16.4. The van der Waals surface area contributed by atoms with E-state index in [4.69, 9.17) is 4.74 Å². The van der Waals surface area contributed by atoms with Gasteiger partial charge in [-0.25, -0.2) is 4.79 Å². The van der Waals surface area contributed by atoms with Crippen LogP contribution in [0.4, 0.5) is 4.79 Å². The second-order valence-electron chi connectivity index (χ2n) is 8.46. The molecule has 3 aromatic rings. The molecule has 0 spiro atoms. The minimum atomic E-state index is -1.18. The number of urea groups is 1. The van der Waals surface area contributed by atoms with Gasteiger partial charge in [0.1, 0.15) is 17.8 Å². The smallest absolute Gasteiger partial charge is 0.325 e. The van der Waals surface area contributed by atoms with Gasteiger partial charge in [0, 0.05) is 6.42 Å². The van der Waals surface area contributed by atoms with Crippen molar-refractivity contribution in [2.24, 2.45) is 0 Å². The van der Waals surface area contributed by atoms with Gasteiger partial charge in [-0.1, -0.05) is 78.9 Å². The molecule has 3 aromatic carbocycles. The van der Waals surface area contributed by atoms with Crippen LogP contribution < -0.4 is 15.4 Å². The van der Waals surface area contributed by atoms with Crippen molar-refractivity contribution in [3.63, 3.8) is 0 Å². The molecule has 0 radical (unpaired) electrons. The molecule has 0 aromatic heterocycles. The summed E-state index contributed by atoms with van der Waals surface area (Å²) in [6.45, 7) is 1.29. The molecule has 1 saturated heterocycles. The first-order valence-electron chi connectivity index (χ1n) is 11.1. The normalized spacial score (nSPS) is 17.6. The molecule has 1 aliphatic heterocycles. The molecular weight excluding hydrogens is 430 g/mol. The van der Waals surface area contributed by atoms with Crippen molar-refractivity contribution in [2.75, 3.05) is 13.7 Å². The van der Waals surface area contributed by atoms with Crippen LogP contribution in [0.25, 0.3) is 0 Å². The summed E-state index contributed by atoms with van der Waals surface area (Å²) in [5.74, 6) is -0.243. The summed E-state index contributed by atoms with van der Waals surface area (Å²) in [6, 6.07) is 25.5. The van der Waals surface area contributed by atoms with Crippen molar-refractivity contribution >= 4 is 17.8 Å². The Labute approximate surface area is 198 Å². The Hall–Kier alpha value is -4.13. The number of methoxy groups -OCH3 is 1. The lowest BCUT2D eigenvalue weighted by atomic mass is 9.92. The van der Waals surface area contributed by atoms with E-state index in [1.807, 2.05) is 78.9 Å². The summed E-state index contributed by atoms with van der Waals surface area (Å²) >= 11 is 0. The number of benzene rings is 3. The lowest BCUT2D eigenvalue weighted by Gasteiger charge is -2.23. The number of para-hydroxylation sites is 1. The molecule has 1 aliphatic rings. The van der Waals surface area contributed by atoms with Crippen molar-refractivity contribution in [3.05, 3.63) is 102 Å². The van der Waals surface area contributed by atoms with E-state index in [2.05, 4.69) is 10.6 Å². The Morgan fingerprint density at radius 2 is 1.50 bits per heavy atom. The fourth-order valence-electron chi connectivity index (χ4n) is 4.24. The third-order valence-electron chi connectivity index (χ3n) is 5.95. The van der Waals surface area contributed by atoms with Gasteiger partial charge in [-0.3, -0.25) is 14.5 Å². The Morgan fingerprint density at radius 3 is 2.09 bits per heavy atom. The molecule has 0 aliphatic carbocycles. The van der Waals surface area contributed by atoms with E-state index in [1.54, 1.807) is 20.1 Å². The summed E-state index contributed by atoms with van der Waals surface area (Å²) in [5.41, 5.74) is 1.42. The predicted molar refractivity (Wildman–Crippen MR) is 128 cm³/mol. The number of nitrogens with zero attached hydrogens (tertiary/aromatic N) is 1. The third-order valence-corrected chi connectivity index (χ3v) is 5.95. The van der Waals surface area contributed by atoms with Gasteiger partial charge in [-0.05, 0) is 29.7 Å². The van der Waals surface area contributed by atoms with Crippen LogP contribution >= 0.6 is 0 Å². The number of carbonyl (C=O) groups excluding carboxylic acids is 3. The molecule has 0 bridgehead atoms. The van der Waals surface area contributed by atoms with Gasteiger partial charge in [0.25, 0.3) is 5.91 Å². The SMILES string of the molecule is COc1ccccc1C[C@]1(C)NC(=O)N(CC(=O)NC(c2ccccc2)c2ccccc2)C1=O. The van der Waals surface area contributed by atoms with Gasteiger partial charge in [0.2, 0.25) is 5.91 Å². The average Bonchev–Trinajstić information content (AvgIpc) is 3.06. The van der Waals surface area contributed by atoms with E-state index < -0.39 is 29.4 Å². The zero-order valence-corrected chi connectivity index (χ0v) is 19.2. The Balaban J connectivity index is 1.50. The molecule has 2 N–H and O–H groups in total. The highest BCUT2D eigenvalue weighted by Crippen LogP contribution is 2.27. The lowest BCUT2D eigenvalue weighted by molar-refractivity contribution is -0.134. The molecule has 0 saturated carbocycles. The number of amides is 4. The zero-order chi connectivity index (χ0) is 24.1. The van der Waals surface area contributed by atoms with Gasteiger partial charge < -0.3 is 15.4 Å².